The number of carbonyl (C=O) groups is 1. The smallest absolute Gasteiger partial charge is 0.224 e. The summed E-state index contributed by atoms with van der Waals surface area (Å²) in [6.07, 6.45) is 5.44. The van der Waals surface area contributed by atoms with Gasteiger partial charge in [0.1, 0.15) is 0 Å². The van der Waals surface area contributed by atoms with Gasteiger partial charge >= 0.3 is 0 Å². The molecular weight excluding hydrogens is 182 g/mol. The Hall–Kier alpha value is -0.870. The molecule has 0 unspecified atom stereocenters. The second kappa shape index (κ2) is 4.57. The zero-order chi connectivity index (χ0) is 10.6. The van der Waals surface area contributed by atoms with Crippen molar-refractivity contribution in [2.75, 3.05) is 13.2 Å². The van der Waals surface area contributed by atoms with Gasteiger partial charge in [-0.05, 0) is 19.8 Å². The minimum absolute atomic E-state index is 0.0348. The van der Waals surface area contributed by atoms with E-state index in [1.807, 2.05) is 12.2 Å². The first-order valence-electron chi connectivity index (χ1n) is 4.80. The number of aliphatic hydroxyl groups is 2. The van der Waals surface area contributed by atoms with Crippen LogP contribution in [0.15, 0.2) is 12.2 Å². The first-order chi connectivity index (χ1) is 6.61. The monoisotopic (exact) mass is 199 g/mol. The molecule has 0 saturated heterocycles. The first kappa shape index (κ1) is 11.2. The van der Waals surface area contributed by atoms with Crippen molar-refractivity contribution in [1.82, 2.24) is 5.32 Å². The summed E-state index contributed by atoms with van der Waals surface area (Å²) in [5.74, 6) is -0.131. The van der Waals surface area contributed by atoms with Gasteiger partial charge in [0.15, 0.2) is 0 Å². The maximum absolute atomic E-state index is 11.6. The van der Waals surface area contributed by atoms with Gasteiger partial charge in [-0.15, -0.1) is 0 Å². The molecule has 14 heavy (non-hydrogen) atoms. The lowest BCUT2D eigenvalue weighted by Gasteiger charge is -2.27. The number of amides is 1. The van der Waals surface area contributed by atoms with Crippen molar-refractivity contribution < 1.29 is 15.0 Å². The molecule has 0 aromatic rings. The van der Waals surface area contributed by atoms with Crippen molar-refractivity contribution in [1.29, 1.82) is 0 Å². The summed E-state index contributed by atoms with van der Waals surface area (Å²) in [5.41, 5.74) is -0.903. The maximum Gasteiger partial charge on any atom is 0.224 e. The fourth-order valence-electron chi connectivity index (χ4n) is 1.36. The van der Waals surface area contributed by atoms with Gasteiger partial charge in [-0.2, -0.15) is 0 Å². The molecule has 0 aromatic carbocycles. The summed E-state index contributed by atoms with van der Waals surface area (Å²) >= 11 is 0. The molecule has 3 N–H and O–H groups in total. The van der Waals surface area contributed by atoms with E-state index < -0.39 is 5.54 Å². The van der Waals surface area contributed by atoms with Crippen LogP contribution >= 0.6 is 0 Å². The van der Waals surface area contributed by atoms with E-state index in [0.29, 0.717) is 0 Å². The Labute approximate surface area is 83.6 Å². The zero-order valence-corrected chi connectivity index (χ0v) is 8.36. The number of hydrogen-bond acceptors (Lipinski definition) is 3. The third kappa shape index (κ3) is 2.56. The Morgan fingerprint density at radius 1 is 1.43 bits per heavy atom. The molecule has 80 valence electrons. The van der Waals surface area contributed by atoms with E-state index >= 15 is 0 Å². The highest BCUT2D eigenvalue weighted by atomic mass is 16.3. The molecule has 0 heterocycles. The van der Waals surface area contributed by atoms with Gasteiger partial charge in [-0.3, -0.25) is 4.79 Å². The Bertz CT molecular complexity index is 226. The lowest BCUT2D eigenvalue weighted by atomic mass is 10.0. The molecule has 0 radical (unpaired) electrons. The van der Waals surface area contributed by atoms with E-state index in [9.17, 15) is 4.79 Å². The lowest BCUT2D eigenvalue weighted by molar-refractivity contribution is -0.127. The van der Waals surface area contributed by atoms with Crippen LogP contribution in [0, 0.1) is 5.92 Å². The molecule has 0 saturated carbocycles. The third-order valence-electron chi connectivity index (χ3n) is 2.50. The molecule has 0 bridgehead atoms. The summed E-state index contributed by atoms with van der Waals surface area (Å²) in [7, 11) is 0. The molecule has 0 atom stereocenters. The third-order valence-corrected chi connectivity index (χ3v) is 2.50. The maximum atomic E-state index is 11.6. The van der Waals surface area contributed by atoms with Crippen molar-refractivity contribution in [3.63, 3.8) is 0 Å². The fourth-order valence-corrected chi connectivity index (χ4v) is 1.36. The number of rotatable bonds is 4. The van der Waals surface area contributed by atoms with Crippen LogP contribution in [0.4, 0.5) is 0 Å². The number of allylic oxidation sites excluding steroid dienone is 2. The average Bonchev–Trinajstić information content (AvgIpc) is 2.70. The van der Waals surface area contributed by atoms with E-state index in [1.54, 1.807) is 6.92 Å². The normalized spacial score (nSPS) is 17.4. The van der Waals surface area contributed by atoms with Crippen molar-refractivity contribution in [2.45, 2.75) is 25.3 Å². The van der Waals surface area contributed by atoms with Crippen molar-refractivity contribution in [3.8, 4) is 0 Å². The number of hydrogen-bond donors (Lipinski definition) is 3. The minimum Gasteiger partial charge on any atom is -0.394 e. The van der Waals surface area contributed by atoms with E-state index in [4.69, 9.17) is 10.2 Å². The van der Waals surface area contributed by atoms with E-state index in [2.05, 4.69) is 5.32 Å². The Balaban J connectivity index is 2.46. The van der Waals surface area contributed by atoms with E-state index in [-0.39, 0.29) is 25.0 Å². The topological polar surface area (TPSA) is 69.6 Å². The highest BCUT2D eigenvalue weighted by molar-refractivity contribution is 5.80. The molecule has 1 aliphatic carbocycles. The van der Waals surface area contributed by atoms with Gasteiger partial charge in [0.2, 0.25) is 5.91 Å². The van der Waals surface area contributed by atoms with Crippen molar-refractivity contribution in [3.05, 3.63) is 12.2 Å². The fraction of sp³-hybridized carbons (Fsp3) is 0.700. The van der Waals surface area contributed by atoms with Crippen molar-refractivity contribution in [2.24, 2.45) is 5.92 Å². The predicted octanol–water partition coefficient (Wildman–Crippen LogP) is -0.188. The second-order valence-corrected chi connectivity index (χ2v) is 4.01. The first-order valence-corrected chi connectivity index (χ1v) is 4.80. The standard InChI is InChI=1S/C10H17NO3/c1-10(6-12,7-13)11-9(14)8-4-2-3-5-8/h2-3,8,12-13H,4-7H2,1H3,(H,11,14). The Morgan fingerprint density at radius 2 is 1.93 bits per heavy atom. The molecule has 1 rings (SSSR count). The summed E-state index contributed by atoms with van der Waals surface area (Å²) in [6.45, 7) is 1.11. The van der Waals surface area contributed by atoms with Crippen LogP contribution in [-0.4, -0.2) is 34.9 Å². The van der Waals surface area contributed by atoms with Crippen LogP contribution in [0.5, 0.6) is 0 Å². The Morgan fingerprint density at radius 3 is 2.36 bits per heavy atom. The van der Waals surface area contributed by atoms with Gasteiger partial charge in [-0.25, -0.2) is 0 Å². The molecular formula is C10H17NO3. The predicted molar refractivity (Wildman–Crippen MR) is 52.6 cm³/mol. The van der Waals surface area contributed by atoms with Crippen LogP contribution in [0.3, 0.4) is 0 Å². The number of nitrogens with one attached hydrogen (secondary N) is 1. The highest BCUT2D eigenvalue weighted by Gasteiger charge is 2.28. The second-order valence-electron chi connectivity index (χ2n) is 4.01. The molecule has 4 heteroatoms. The van der Waals surface area contributed by atoms with Crippen LogP contribution in [0.2, 0.25) is 0 Å². The van der Waals surface area contributed by atoms with Gasteiger partial charge in [-0.1, -0.05) is 12.2 Å². The van der Waals surface area contributed by atoms with Gasteiger partial charge in [0.05, 0.1) is 18.8 Å². The molecule has 4 nitrogen and oxygen atoms in total. The van der Waals surface area contributed by atoms with E-state index in [1.165, 1.54) is 0 Å². The molecule has 1 aliphatic rings. The van der Waals surface area contributed by atoms with Crippen LogP contribution in [0.1, 0.15) is 19.8 Å². The van der Waals surface area contributed by atoms with Crippen LogP contribution in [0.25, 0.3) is 0 Å². The highest BCUT2D eigenvalue weighted by Crippen LogP contribution is 2.18. The van der Waals surface area contributed by atoms with Crippen molar-refractivity contribution >= 4 is 5.91 Å². The van der Waals surface area contributed by atoms with Gasteiger partial charge < -0.3 is 15.5 Å². The molecule has 0 spiro atoms. The molecule has 0 aromatic heterocycles. The lowest BCUT2D eigenvalue weighted by Crippen LogP contribution is -2.53. The molecule has 0 fully saturated rings. The van der Waals surface area contributed by atoms with Gasteiger partial charge in [0.25, 0.3) is 0 Å². The largest absolute Gasteiger partial charge is 0.394 e. The van der Waals surface area contributed by atoms with Crippen LogP contribution in [-0.2, 0) is 4.79 Å². The van der Waals surface area contributed by atoms with Crippen LogP contribution < -0.4 is 5.32 Å². The quantitative estimate of drug-likeness (QED) is 0.550. The zero-order valence-electron chi connectivity index (χ0n) is 8.36. The average molecular weight is 199 g/mol. The SMILES string of the molecule is CC(CO)(CO)NC(=O)C1CC=CC1. The summed E-state index contributed by atoms with van der Waals surface area (Å²) in [5, 5.41) is 20.6. The van der Waals surface area contributed by atoms with E-state index in [0.717, 1.165) is 12.8 Å². The molecule has 1 amide bonds. The Kier molecular flexibility index (Phi) is 3.66. The number of aliphatic hydroxyl groups excluding tert-OH is 2. The van der Waals surface area contributed by atoms with Gasteiger partial charge in [0, 0.05) is 5.92 Å². The summed E-state index contributed by atoms with van der Waals surface area (Å²) < 4.78 is 0. The molecule has 0 aliphatic heterocycles. The minimum atomic E-state index is -0.903. The summed E-state index contributed by atoms with van der Waals surface area (Å²) in [6, 6.07) is 0. The summed E-state index contributed by atoms with van der Waals surface area (Å²) in [4.78, 5) is 11.6. The number of carbonyl (C=O) groups excluding carboxylic acids is 1.